The average molecular weight is 741 g/mol. The molecule has 3 aliphatic heterocycles. The molecule has 5 aromatic carbocycles. The van der Waals surface area contributed by atoms with E-state index >= 15 is 4.79 Å². The maximum atomic E-state index is 15.2. The Hall–Kier alpha value is -5.42. The summed E-state index contributed by atoms with van der Waals surface area (Å²) in [4.78, 5) is 32.9. The monoisotopic (exact) mass is 740 g/mol. The SMILES string of the molecule is COc1ccc([Si](C)(C)[C@@H]2[C@@H](CCO)O[C@]3(C(=O)N(Cc4cccc(N5C(=O)c6ccccc6Oc6ccccc65)c4)c4ccc(OC)cc43)[C@H]2C)cc1. The molecule has 1 N–H and O–H groups in total. The number of amides is 2. The van der Waals surface area contributed by atoms with E-state index < -0.39 is 13.7 Å². The summed E-state index contributed by atoms with van der Waals surface area (Å²) >= 11 is 0. The number of rotatable bonds is 9. The maximum absolute atomic E-state index is 15.2. The zero-order valence-corrected chi connectivity index (χ0v) is 32.1. The molecule has 0 saturated carbocycles. The Balaban J connectivity index is 1.18. The predicted octanol–water partition coefficient (Wildman–Crippen LogP) is 7.93. The molecule has 5 aromatic rings. The van der Waals surface area contributed by atoms with E-state index in [0.29, 0.717) is 40.6 Å². The Labute approximate surface area is 316 Å². The summed E-state index contributed by atoms with van der Waals surface area (Å²) in [6, 6.07) is 36.5. The molecule has 54 heavy (non-hydrogen) atoms. The summed E-state index contributed by atoms with van der Waals surface area (Å²) < 4.78 is 24.5. The first kappa shape index (κ1) is 35.6. The van der Waals surface area contributed by atoms with Gasteiger partial charge in [0.25, 0.3) is 11.8 Å². The van der Waals surface area contributed by atoms with Crippen LogP contribution in [0.3, 0.4) is 0 Å². The molecular weight excluding hydrogens is 697 g/mol. The molecule has 9 nitrogen and oxygen atoms in total. The van der Waals surface area contributed by atoms with Gasteiger partial charge in [-0.15, -0.1) is 0 Å². The normalized spacial score (nSPS) is 21.7. The van der Waals surface area contributed by atoms with Crippen molar-refractivity contribution in [2.24, 2.45) is 5.92 Å². The van der Waals surface area contributed by atoms with Gasteiger partial charge in [0, 0.05) is 23.8 Å². The van der Waals surface area contributed by atoms with Crippen LogP contribution >= 0.6 is 0 Å². The van der Waals surface area contributed by atoms with Crippen LogP contribution in [0.4, 0.5) is 17.1 Å². The highest BCUT2D eigenvalue weighted by Crippen LogP contribution is 2.60. The van der Waals surface area contributed by atoms with Crippen LogP contribution in [-0.2, 0) is 21.7 Å². The molecule has 1 fully saturated rings. The summed E-state index contributed by atoms with van der Waals surface area (Å²) in [6.07, 6.45) is 0.0649. The van der Waals surface area contributed by atoms with Crippen LogP contribution in [0.1, 0.15) is 34.8 Å². The second-order valence-corrected chi connectivity index (χ2v) is 19.5. The van der Waals surface area contributed by atoms with E-state index in [2.05, 4.69) is 32.2 Å². The minimum absolute atomic E-state index is 0.00328. The van der Waals surface area contributed by atoms with Crippen LogP contribution in [0, 0.1) is 5.92 Å². The van der Waals surface area contributed by atoms with E-state index in [4.69, 9.17) is 18.9 Å². The van der Waals surface area contributed by atoms with Crippen LogP contribution in [0.5, 0.6) is 23.0 Å². The lowest BCUT2D eigenvalue weighted by Gasteiger charge is -2.37. The molecule has 0 radical (unpaired) electrons. The molecular formula is C44H44N2O7Si. The minimum atomic E-state index is -2.34. The number of benzene rings is 5. The van der Waals surface area contributed by atoms with E-state index in [-0.39, 0.29) is 42.5 Å². The lowest BCUT2D eigenvalue weighted by Crippen LogP contribution is -2.51. The van der Waals surface area contributed by atoms with Crippen molar-refractivity contribution >= 4 is 42.1 Å². The Morgan fingerprint density at radius 2 is 1.50 bits per heavy atom. The van der Waals surface area contributed by atoms with Crippen molar-refractivity contribution in [2.75, 3.05) is 30.6 Å². The molecule has 0 bridgehead atoms. The molecule has 0 aromatic heterocycles. The summed E-state index contributed by atoms with van der Waals surface area (Å²) in [7, 11) is 0.940. The van der Waals surface area contributed by atoms with Crippen molar-refractivity contribution in [1.82, 2.24) is 0 Å². The van der Waals surface area contributed by atoms with Crippen molar-refractivity contribution < 1.29 is 33.6 Å². The smallest absolute Gasteiger partial charge is 0.266 e. The summed E-state index contributed by atoms with van der Waals surface area (Å²) in [5.74, 6) is 1.91. The molecule has 2 amide bonds. The quantitative estimate of drug-likeness (QED) is 0.153. The fraction of sp³-hybridized carbons (Fsp3) is 0.273. The number of aliphatic hydroxyl groups excluding tert-OH is 1. The Morgan fingerprint density at radius 3 is 2.24 bits per heavy atom. The zero-order valence-electron chi connectivity index (χ0n) is 31.1. The van der Waals surface area contributed by atoms with Gasteiger partial charge in [0.1, 0.15) is 17.2 Å². The lowest BCUT2D eigenvalue weighted by atomic mass is 9.82. The third-order valence-electron chi connectivity index (χ3n) is 11.6. The Morgan fingerprint density at radius 1 is 0.796 bits per heavy atom. The van der Waals surface area contributed by atoms with Gasteiger partial charge < -0.3 is 29.0 Å². The van der Waals surface area contributed by atoms with Gasteiger partial charge in [-0.05, 0) is 84.3 Å². The van der Waals surface area contributed by atoms with Crippen LogP contribution in [0.2, 0.25) is 18.6 Å². The number of hydrogen-bond donors (Lipinski definition) is 1. The number of para-hydroxylation sites is 3. The van der Waals surface area contributed by atoms with Crippen molar-refractivity contribution in [3.05, 3.63) is 132 Å². The van der Waals surface area contributed by atoms with Crippen LogP contribution in [0.25, 0.3) is 0 Å². The van der Waals surface area contributed by atoms with Gasteiger partial charge in [-0.2, -0.15) is 0 Å². The van der Waals surface area contributed by atoms with E-state index in [9.17, 15) is 9.90 Å². The molecule has 4 atom stereocenters. The molecule has 3 aliphatic rings. The Bertz CT molecular complexity index is 2240. The van der Waals surface area contributed by atoms with E-state index in [0.717, 1.165) is 22.6 Å². The van der Waals surface area contributed by atoms with Gasteiger partial charge in [-0.25, -0.2) is 0 Å². The first-order valence-electron chi connectivity index (χ1n) is 18.4. The van der Waals surface area contributed by atoms with E-state index in [1.165, 1.54) is 5.19 Å². The highest BCUT2D eigenvalue weighted by molar-refractivity contribution is 6.91. The molecule has 1 spiro atoms. The van der Waals surface area contributed by atoms with Crippen molar-refractivity contribution in [3.8, 4) is 23.0 Å². The predicted molar refractivity (Wildman–Crippen MR) is 211 cm³/mol. The summed E-state index contributed by atoms with van der Waals surface area (Å²) in [6.45, 7) is 6.97. The first-order valence-corrected chi connectivity index (χ1v) is 21.4. The zero-order chi connectivity index (χ0) is 37.8. The van der Waals surface area contributed by atoms with Gasteiger partial charge in [0.05, 0.1) is 51.9 Å². The number of anilines is 3. The lowest BCUT2D eigenvalue weighted by molar-refractivity contribution is -0.146. The fourth-order valence-electron chi connectivity index (χ4n) is 9.02. The van der Waals surface area contributed by atoms with Crippen LogP contribution in [0.15, 0.2) is 115 Å². The number of nitrogens with zero attached hydrogens (tertiary/aromatic N) is 2. The Kier molecular flexibility index (Phi) is 9.08. The number of fused-ring (bicyclic) bond motifs is 4. The average Bonchev–Trinajstić information content (AvgIpc) is 3.56. The third kappa shape index (κ3) is 5.59. The maximum Gasteiger partial charge on any atom is 0.266 e. The van der Waals surface area contributed by atoms with Gasteiger partial charge in [0.15, 0.2) is 11.4 Å². The van der Waals surface area contributed by atoms with E-state index in [1.54, 1.807) is 36.2 Å². The molecule has 0 unspecified atom stereocenters. The molecule has 3 heterocycles. The summed E-state index contributed by atoms with van der Waals surface area (Å²) in [5, 5.41) is 11.5. The van der Waals surface area contributed by atoms with Crippen LogP contribution in [-0.4, -0.2) is 51.9 Å². The van der Waals surface area contributed by atoms with Gasteiger partial charge >= 0.3 is 0 Å². The molecule has 1 saturated heterocycles. The third-order valence-corrected chi connectivity index (χ3v) is 16.0. The van der Waals surface area contributed by atoms with Crippen molar-refractivity contribution in [3.63, 3.8) is 0 Å². The van der Waals surface area contributed by atoms with E-state index in [1.807, 2.05) is 91.0 Å². The first-order chi connectivity index (χ1) is 26.1. The highest BCUT2D eigenvalue weighted by atomic mass is 28.3. The minimum Gasteiger partial charge on any atom is -0.497 e. The second kappa shape index (κ2) is 13.8. The fourth-order valence-corrected chi connectivity index (χ4v) is 13.1. The van der Waals surface area contributed by atoms with Crippen molar-refractivity contribution in [2.45, 2.75) is 50.2 Å². The van der Waals surface area contributed by atoms with Crippen LogP contribution < -0.4 is 29.2 Å². The van der Waals surface area contributed by atoms with Gasteiger partial charge in [0.2, 0.25) is 0 Å². The number of ether oxygens (including phenoxy) is 4. The number of carbonyl (C=O) groups excluding carboxylic acids is 2. The molecule has 0 aliphatic carbocycles. The standard InChI is InChI=1S/C44H44N2O7Si/c1-28-41(54(4,5)33-20-17-31(50-2)18-21-33)40(23-24-47)53-44(28)35-26-32(51-3)19-22-36(35)45(43(44)49)27-29-11-10-12-30(25-29)46-37-14-7-9-16-39(37)52-38-15-8-6-13-34(38)42(46)48/h6-22,25-26,28,40-41,47H,23-24,27H2,1-5H3/t28-,40+,41-,44+/m0/s1. The topological polar surface area (TPSA) is 97.8 Å². The largest absolute Gasteiger partial charge is 0.497 e. The molecule has 276 valence electrons. The highest BCUT2D eigenvalue weighted by Gasteiger charge is 2.66. The number of hydrogen-bond acceptors (Lipinski definition) is 7. The number of methoxy groups -OCH3 is 2. The second-order valence-electron chi connectivity index (χ2n) is 14.8. The number of carbonyl (C=O) groups is 2. The van der Waals surface area contributed by atoms with Crippen molar-refractivity contribution in [1.29, 1.82) is 0 Å². The molecule has 8 rings (SSSR count). The summed E-state index contributed by atoms with van der Waals surface area (Å²) in [5.41, 5.74) is 2.82. The van der Waals surface area contributed by atoms with Gasteiger partial charge in [-0.1, -0.05) is 73.7 Å². The van der Waals surface area contributed by atoms with Gasteiger partial charge in [-0.3, -0.25) is 14.5 Å². The number of aliphatic hydroxyl groups is 1. The molecule has 10 heteroatoms.